The third kappa shape index (κ3) is 4.04. The van der Waals surface area contributed by atoms with Crippen LogP contribution in [0.4, 0.5) is 0 Å². The Morgan fingerprint density at radius 3 is 2.62 bits per heavy atom. The molecule has 1 heterocycles. The second kappa shape index (κ2) is 7.22. The van der Waals surface area contributed by atoms with Crippen LogP contribution in [0.25, 0.3) is 0 Å². The lowest BCUT2D eigenvalue weighted by Crippen LogP contribution is -2.39. The van der Waals surface area contributed by atoms with Crippen molar-refractivity contribution in [2.75, 3.05) is 26.2 Å². The van der Waals surface area contributed by atoms with E-state index in [1.807, 2.05) is 30.3 Å². The zero-order chi connectivity index (χ0) is 15.2. The molecule has 0 aromatic heterocycles. The van der Waals surface area contributed by atoms with Crippen LogP contribution in [0.2, 0.25) is 0 Å². The fourth-order valence-electron chi connectivity index (χ4n) is 2.70. The van der Waals surface area contributed by atoms with Gasteiger partial charge in [0.25, 0.3) is 0 Å². The van der Waals surface area contributed by atoms with Gasteiger partial charge in [0.2, 0.25) is 11.8 Å². The molecular formula is C16H22N2O3. The smallest absolute Gasteiger partial charge is 0.227 e. The van der Waals surface area contributed by atoms with Crippen molar-refractivity contribution in [1.82, 2.24) is 9.80 Å². The summed E-state index contributed by atoms with van der Waals surface area (Å²) in [6.07, 6.45) is 0.704. The average molecular weight is 290 g/mol. The van der Waals surface area contributed by atoms with E-state index < -0.39 is 0 Å². The first-order valence-electron chi connectivity index (χ1n) is 7.31. The average Bonchev–Trinajstić information content (AvgIpc) is 2.97. The molecule has 5 nitrogen and oxygen atoms in total. The van der Waals surface area contributed by atoms with Crippen molar-refractivity contribution in [2.24, 2.45) is 5.92 Å². The molecule has 0 aliphatic carbocycles. The van der Waals surface area contributed by atoms with Gasteiger partial charge in [-0.25, -0.2) is 0 Å². The first-order valence-corrected chi connectivity index (χ1v) is 7.31. The summed E-state index contributed by atoms with van der Waals surface area (Å²) in [5, 5.41) is 9.19. The van der Waals surface area contributed by atoms with Gasteiger partial charge >= 0.3 is 0 Å². The molecule has 2 rings (SSSR count). The molecule has 5 heteroatoms. The van der Waals surface area contributed by atoms with Gasteiger partial charge in [-0.15, -0.1) is 0 Å². The van der Waals surface area contributed by atoms with Crippen LogP contribution < -0.4 is 0 Å². The summed E-state index contributed by atoms with van der Waals surface area (Å²) >= 11 is 0. The molecule has 1 atom stereocenters. The summed E-state index contributed by atoms with van der Waals surface area (Å²) < 4.78 is 0. The Kier molecular flexibility index (Phi) is 5.33. The molecule has 1 aromatic carbocycles. The summed E-state index contributed by atoms with van der Waals surface area (Å²) in [7, 11) is 0. The number of amides is 2. The maximum absolute atomic E-state index is 12.6. The normalized spacial score (nSPS) is 17.8. The minimum atomic E-state index is -0.149. The third-order valence-corrected chi connectivity index (χ3v) is 3.88. The molecular weight excluding hydrogens is 268 g/mol. The van der Waals surface area contributed by atoms with Crippen LogP contribution in [0.3, 0.4) is 0 Å². The molecule has 1 fully saturated rings. The highest BCUT2D eigenvalue weighted by atomic mass is 16.3. The van der Waals surface area contributed by atoms with E-state index in [1.54, 1.807) is 9.80 Å². The van der Waals surface area contributed by atoms with E-state index in [1.165, 1.54) is 6.92 Å². The maximum atomic E-state index is 12.6. The van der Waals surface area contributed by atoms with E-state index in [0.29, 0.717) is 32.6 Å². The number of likely N-dealkylation sites (tertiary alicyclic amines) is 1. The lowest BCUT2D eigenvalue weighted by Gasteiger charge is -2.25. The number of hydrogen-bond acceptors (Lipinski definition) is 3. The monoisotopic (exact) mass is 290 g/mol. The summed E-state index contributed by atoms with van der Waals surface area (Å²) in [6, 6.07) is 9.74. The molecule has 0 bridgehead atoms. The Labute approximate surface area is 125 Å². The molecule has 1 aliphatic rings. The number of aliphatic hydroxyl groups excluding tert-OH is 1. The SMILES string of the molecule is CC(=O)N1CCC(C(=O)N(CCO)Cc2ccccc2)C1. The first-order chi connectivity index (χ1) is 10.1. The van der Waals surface area contributed by atoms with E-state index in [-0.39, 0.29) is 24.3 Å². The Hall–Kier alpha value is -1.88. The summed E-state index contributed by atoms with van der Waals surface area (Å²) in [6.45, 7) is 3.43. The molecule has 0 saturated carbocycles. The highest BCUT2D eigenvalue weighted by Gasteiger charge is 2.32. The highest BCUT2D eigenvalue weighted by Crippen LogP contribution is 2.20. The van der Waals surface area contributed by atoms with Crippen LogP contribution in [0.15, 0.2) is 30.3 Å². The lowest BCUT2D eigenvalue weighted by molar-refractivity contribution is -0.136. The third-order valence-electron chi connectivity index (χ3n) is 3.88. The van der Waals surface area contributed by atoms with Gasteiger partial charge in [0, 0.05) is 33.1 Å². The Bertz CT molecular complexity index is 490. The first kappa shape index (κ1) is 15.5. The molecule has 114 valence electrons. The van der Waals surface area contributed by atoms with Gasteiger partial charge in [-0.1, -0.05) is 30.3 Å². The molecule has 0 radical (unpaired) electrons. The zero-order valence-electron chi connectivity index (χ0n) is 12.4. The summed E-state index contributed by atoms with van der Waals surface area (Å²) in [5.74, 6) is -0.108. The van der Waals surface area contributed by atoms with E-state index in [9.17, 15) is 14.7 Å². The predicted octanol–water partition coefficient (Wildman–Crippen LogP) is 0.876. The van der Waals surface area contributed by atoms with Crippen LogP contribution in [0.5, 0.6) is 0 Å². The van der Waals surface area contributed by atoms with Crippen molar-refractivity contribution in [1.29, 1.82) is 0 Å². The Morgan fingerprint density at radius 2 is 2.05 bits per heavy atom. The van der Waals surface area contributed by atoms with Gasteiger partial charge in [-0.3, -0.25) is 9.59 Å². The molecule has 21 heavy (non-hydrogen) atoms. The maximum Gasteiger partial charge on any atom is 0.227 e. The van der Waals surface area contributed by atoms with Crippen LogP contribution >= 0.6 is 0 Å². The standard InChI is InChI=1S/C16H22N2O3/c1-13(20)17-8-7-15(12-17)16(21)18(9-10-19)11-14-5-3-2-4-6-14/h2-6,15,19H,7-12H2,1H3. The number of hydrogen-bond donors (Lipinski definition) is 1. The van der Waals surface area contributed by atoms with Crippen molar-refractivity contribution >= 4 is 11.8 Å². The molecule has 1 aromatic rings. The van der Waals surface area contributed by atoms with Crippen molar-refractivity contribution in [3.8, 4) is 0 Å². The van der Waals surface area contributed by atoms with Crippen LogP contribution in [-0.2, 0) is 16.1 Å². The van der Waals surface area contributed by atoms with Gasteiger partial charge in [0.15, 0.2) is 0 Å². The Balaban J connectivity index is 2.01. The van der Waals surface area contributed by atoms with Gasteiger partial charge in [-0.2, -0.15) is 0 Å². The van der Waals surface area contributed by atoms with E-state index in [4.69, 9.17) is 0 Å². The van der Waals surface area contributed by atoms with E-state index >= 15 is 0 Å². The van der Waals surface area contributed by atoms with Crippen molar-refractivity contribution < 1.29 is 14.7 Å². The summed E-state index contributed by atoms with van der Waals surface area (Å²) in [4.78, 5) is 27.3. The van der Waals surface area contributed by atoms with Crippen molar-refractivity contribution in [3.05, 3.63) is 35.9 Å². The Morgan fingerprint density at radius 1 is 1.33 bits per heavy atom. The summed E-state index contributed by atoms with van der Waals surface area (Å²) in [5.41, 5.74) is 1.04. The molecule has 1 saturated heterocycles. The number of carbonyl (C=O) groups is 2. The van der Waals surface area contributed by atoms with Crippen molar-refractivity contribution in [3.63, 3.8) is 0 Å². The molecule has 1 N–H and O–H groups in total. The lowest BCUT2D eigenvalue weighted by atomic mass is 10.1. The predicted molar refractivity (Wildman–Crippen MR) is 79.3 cm³/mol. The van der Waals surface area contributed by atoms with Gasteiger partial charge in [0.05, 0.1) is 12.5 Å². The van der Waals surface area contributed by atoms with Gasteiger partial charge in [-0.05, 0) is 12.0 Å². The quantitative estimate of drug-likeness (QED) is 0.875. The fourth-order valence-corrected chi connectivity index (χ4v) is 2.70. The van der Waals surface area contributed by atoms with E-state index in [0.717, 1.165) is 5.56 Å². The van der Waals surface area contributed by atoms with Crippen LogP contribution in [-0.4, -0.2) is 53.0 Å². The van der Waals surface area contributed by atoms with E-state index in [2.05, 4.69) is 0 Å². The fraction of sp³-hybridized carbons (Fsp3) is 0.500. The number of benzene rings is 1. The van der Waals surface area contributed by atoms with Crippen molar-refractivity contribution in [2.45, 2.75) is 19.9 Å². The van der Waals surface area contributed by atoms with Crippen LogP contribution in [0.1, 0.15) is 18.9 Å². The van der Waals surface area contributed by atoms with Crippen LogP contribution in [0, 0.1) is 5.92 Å². The number of nitrogens with zero attached hydrogens (tertiary/aromatic N) is 2. The molecule has 2 amide bonds. The number of carbonyl (C=O) groups excluding carboxylic acids is 2. The largest absolute Gasteiger partial charge is 0.395 e. The minimum Gasteiger partial charge on any atom is -0.395 e. The minimum absolute atomic E-state index is 0.0158. The topological polar surface area (TPSA) is 60.9 Å². The molecule has 0 spiro atoms. The zero-order valence-corrected chi connectivity index (χ0v) is 12.4. The second-order valence-electron chi connectivity index (χ2n) is 5.42. The molecule has 1 unspecified atom stereocenters. The highest BCUT2D eigenvalue weighted by molar-refractivity contribution is 5.81. The number of rotatable bonds is 5. The molecule has 1 aliphatic heterocycles. The second-order valence-corrected chi connectivity index (χ2v) is 5.42. The van der Waals surface area contributed by atoms with Gasteiger partial charge < -0.3 is 14.9 Å². The van der Waals surface area contributed by atoms with Gasteiger partial charge in [0.1, 0.15) is 0 Å². The number of aliphatic hydroxyl groups is 1.